The van der Waals surface area contributed by atoms with E-state index in [1.165, 1.54) is 0 Å². The average molecular weight is 829 g/mol. The van der Waals surface area contributed by atoms with Crippen LogP contribution < -0.4 is 211 Å². The van der Waals surface area contributed by atoms with E-state index in [1.807, 2.05) is 0 Å². The van der Waals surface area contributed by atoms with Gasteiger partial charge in [0.25, 0.3) is 0 Å². The van der Waals surface area contributed by atoms with Gasteiger partial charge < -0.3 is 111 Å². The molecule has 0 spiro atoms. The van der Waals surface area contributed by atoms with Crippen LogP contribution in [-0.4, -0.2) is 106 Å². The first-order chi connectivity index (χ1) is 9.46. The first-order valence-electron chi connectivity index (χ1n) is 3.16. The zero-order valence-electron chi connectivity index (χ0n) is 16.0. The van der Waals surface area contributed by atoms with Gasteiger partial charge in [0.2, 0.25) is 0 Å². The summed E-state index contributed by atoms with van der Waals surface area (Å²) in [6, 6.07) is 0. The molecular weight excluding hydrogens is 825 g/mol. The Morgan fingerprint density at radius 2 is 0.656 bits per heavy atom. The summed E-state index contributed by atoms with van der Waals surface area (Å²) >= 11 is 0. The van der Waals surface area contributed by atoms with Crippen molar-refractivity contribution in [3.05, 3.63) is 30.6 Å². The van der Waals surface area contributed by atoms with Gasteiger partial charge in [-0.3, -0.25) is 16.8 Å². The van der Waals surface area contributed by atoms with E-state index in [4.69, 9.17) is 84.9 Å². The Bertz CT molecular complexity index is 520. The predicted molar refractivity (Wildman–Crippen MR) is 66.8 cm³/mol. The SMILES string of the molecule is O=P([O-])([O-])[O-].O=S(=O)([O-])[O-].O=S(=O)([O-])[O-].O=[N+]([O-])[O-].O=[N+]([O-])[O-].[Ca+2].[Cl-].[Fe+3].[I-].[K+].[K+].[K+].[Mg+2].[NH4+]. The van der Waals surface area contributed by atoms with Gasteiger partial charge in [0.15, 0.2) is 0 Å². The van der Waals surface area contributed by atoms with Crippen LogP contribution in [0.5, 0.6) is 0 Å². The molecule has 0 aliphatic heterocycles. The van der Waals surface area contributed by atoms with Crippen molar-refractivity contribution in [2.24, 2.45) is 0 Å². The first kappa shape index (κ1) is 90.2. The molecule has 0 atom stereocenters. The third-order valence-electron chi connectivity index (χ3n) is 0. The normalized spacial score (nSPS) is 6.97. The Morgan fingerprint density at radius 3 is 0.656 bits per heavy atom. The molecule has 0 aliphatic carbocycles. The molecule has 0 rings (SSSR count). The Morgan fingerprint density at radius 1 is 0.656 bits per heavy atom. The third kappa shape index (κ3) is 1050. The summed E-state index contributed by atoms with van der Waals surface area (Å²) in [5, 5.41) is 29.5. The van der Waals surface area contributed by atoms with E-state index in [2.05, 4.69) is 0 Å². The Kier molecular flexibility index (Phi) is 152. The van der Waals surface area contributed by atoms with Gasteiger partial charge in [-0.2, -0.15) is 7.82 Å². The van der Waals surface area contributed by atoms with Crippen molar-refractivity contribution in [2.75, 3.05) is 0 Å². The summed E-state index contributed by atoms with van der Waals surface area (Å²) in [7, 11) is -15.7. The Hall–Kier alpha value is 6.68. The molecule has 0 saturated heterocycles. The van der Waals surface area contributed by atoms with E-state index < -0.39 is 38.8 Å². The van der Waals surface area contributed by atoms with Gasteiger partial charge in [-0.05, 0) is 0 Å². The largest absolute Gasteiger partial charge is 3.00 e. The zero-order valence-corrected chi connectivity index (χ0v) is 35.6. The minimum absolute atomic E-state index is 0. The minimum atomic E-state index is -5.39. The van der Waals surface area contributed by atoms with Crippen LogP contribution in [0.1, 0.15) is 0 Å². The third-order valence-corrected chi connectivity index (χ3v) is 0. The van der Waals surface area contributed by atoms with Crippen LogP contribution in [-0.2, 0) is 42.4 Å². The molecule has 0 fully saturated rings. The predicted octanol–water partition coefficient (Wildman–Crippen LogP) is -21.3. The van der Waals surface area contributed by atoms with E-state index >= 15 is 0 Å². The Labute approximate surface area is 388 Å². The molecule has 0 heterocycles. The number of quaternary nitrogens is 1. The summed E-state index contributed by atoms with van der Waals surface area (Å²) in [4.78, 5) is 42.1. The van der Waals surface area contributed by atoms with Crippen molar-refractivity contribution in [2.45, 2.75) is 0 Å². The van der Waals surface area contributed by atoms with Gasteiger partial charge in [0.1, 0.15) is 0 Å². The van der Waals surface area contributed by atoms with Crippen molar-refractivity contribution in [3.63, 3.8) is 0 Å². The maximum absolute atomic E-state index is 8.55. The van der Waals surface area contributed by atoms with E-state index in [9.17, 15) is 0 Å². The van der Waals surface area contributed by atoms with Crippen LogP contribution in [0.15, 0.2) is 0 Å². The molecule has 173 valence electrons. The molecule has 0 aromatic rings. The summed E-state index contributed by atoms with van der Waals surface area (Å²) in [5.74, 6) is 0. The second-order valence-electron chi connectivity index (χ2n) is 1.71. The smallest absolute Gasteiger partial charge is 1.00 e. The number of phosphoric acid groups is 1. The van der Waals surface area contributed by atoms with Crippen LogP contribution in [0.4, 0.5) is 0 Å². The fourth-order valence-electron chi connectivity index (χ4n) is 0. The molecule has 0 unspecified atom stereocenters. The van der Waals surface area contributed by atoms with Gasteiger partial charge in [-0.15, -0.1) is 0 Å². The van der Waals surface area contributed by atoms with E-state index in [1.54, 1.807) is 0 Å². The summed E-state index contributed by atoms with van der Waals surface area (Å²) in [6.45, 7) is 0. The van der Waals surface area contributed by atoms with Crippen molar-refractivity contribution in [3.8, 4) is 0 Å². The van der Waals surface area contributed by atoms with Crippen molar-refractivity contribution in [1.82, 2.24) is 6.15 Å². The van der Waals surface area contributed by atoms with Gasteiger partial charge in [-0.25, -0.2) is 0 Å². The second-order valence-corrected chi connectivity index (χ2v) is 4.24. The fourth-order valence-corrected chi connectivity index (χ4v) is 0. The first-order valence-corrected chi connectivity index (χ1v) is 7.29. The fraction of sp³-hybridized carbons (Fsp3) is 0. The van der Waals surface area contributed by atoms with Crippen molar-refractivity contribution < 1.29 is 272 Å². The van der Waals surface area contributed by atoms with Crippen LogP contribution in [0, 0.1) is 30.6 Å². The molecule has 0 aromatic carbocycles. The van der Waals surface area contributed by atoms with Crippen LogP contribution in [0.3, 0.4) is 0 Å². The van der Waals surface area contributed by atoms with Crippen LogP contribution >= 0.6 is 7.82 Å². The molecule has 0 bridgehead atoms. The summed E-state index contributed by atoms with van der Waals surface area (Å²) in [6.07, 6.45) is 0. The molecular formula is H4CaClFeIK3MgN3O18PS2. The van der Waals surface area contributed by atoms with Gasteiger partial charge in [0.05, 0.1) is 10.2 Å². The van der Waals surface area contributed by atoms with Crippen molar-refractivity contribution >= 4 is 89.4 Å². The molecule has 0 aromatic heterocycles. The summed E-state index contributed by atoms with van der Waals surface area (Å²) < 4.78 is 76.7. The average Bonchev–Trinajstić information content (AvgIpc) is 1.85. The number of hydrogen-bond donors (Lipinski definition) is 1. The number of rotatable bonds is 0. The molecule has 32 heavy (non-hydrogen) atoms. The maximum Gasteiger partial charge on any atom is 3.00 e. The molecule has 32 heteroatoms. The zero-order chi connectivity index (χ0) is 20.7. The molecule has 4 N–H and O–H groups in total. The molecule has 21 nitrogen and oxygen atoms in total. The van der Waals surface area contributed by atoms with Gasteiger partial charge in [-0.1, -0.05) is 0 Å². The molecule has 1 radical (unpaired) electrons. The van der Waals surface area contributed by atoms with E-state index in [0.29, 0.717) is 0 Å². The molecule has 0 aliphatic rings. The number of nitrogens with zero attached hydrogens (tertiary/aromatic N) is 2. The second kappa shape index (κ2) is 53.9. The van der Waals surface area contributed by atoms with E-state index in [0.717, 1.165) is 0 Å². The monoisotopic (exact) mass is 828 g/mol. The molecule has 0 saturated carbocycles. The number of hydrogen-bond acceptors (Lipinski definition) is 18. The number of halogens is 2. The van der Waals surface area contributed by atoms with Crippen LogP contribution in [0.2, 0.25) is 0 Å². The summed E-state index contributed by atoms with van der Waals surface area (Å²) in [5.41, 5.74) is 0. The minimum Gasteiger partial charge on any atom is -1.00 e. The topological polar surface area (TPSA) is 416 Å². The van der Waals surface area contributed by atoms with Gasteiger partial charge >= 0.3 is 232 Å². The van der Waals surface area contributed by atoms with E-state index in [-0.39, 0.29) is 275 Å². The van der Waals surface area contributed by atoms with Crippen molar-refractivity contribution in [1.29, 1.82) is 0 Å². The molecule has 0 amide bonds. The Balaban J connectivity index is -0.00000000988. The quantitative estimate of drug-likeness (QED) is 0.0450. The standard InChI is InChI=1S/Ca.ClH.Fe.HI.3K.Mg.2NO3.H3N.H3O4P.2H2O4S/c;;;;;;;;2*2-1(3)4;;3*1-5(2,3)4/h;1H;;1H;;;;;;;1H3;(H3,1,2,3,4);2*(H2,1,2,3,4)/q+2;;+3;;3*+1;+2;2*-1;;;;/p-8. The van der Waals surface area contributed by atoms with Gasteiger partial charge in [0, 0.05) is 20.8 Å². The van der Waals surface area contributed by atoms with Crippen LogP contribution in [0.25, 0.3) is 0 Å². The maximum atomic E-state index is 8.55.